The Bertz CT molecular complexity index is 893. The molecule has 3 aromatic heterocycles. The van der Waals surface area contributed by atoms with Crippen LogP contribution in [0.4, 0.5) is 5.82 Å². The van der Waals surface area contributed by atoms with E-state index in [1.54, 1.807) is 18.5 Å². The van der Waals surface area contributed by atoms with E-state index in [0.717, 1.165) is 29.1 Å². The highest BCUT2D eigenvalue weighted by Gasteiger charge is 2.26. The van der Waals surface area contributed by atoms with E-state index in [4.69, 9.17) is 4.42 Å². The van der Waals surface area contributed by atoms with Crippen molar-refractivity contribution in [3.05, 3.63) is 36.2 Å². The molecule has 1 fully saturated rings. The van der Waals surface area contributed by atoms with E-state index in [1.807, 2.05) is 16.5 Å². The molecule has 0 aromatic carbocycles. The van der Waals surface area contributed by atoms with Gasteiger partial charge in [-0.25, -0.2) is 9.97 Å². The van der Waals surface area contributed by atoms with Crippen LogP contribution in [0.15, 0.2) is 29.1 Å². The van der Waals surface area contributed by atoms with Gasteiger partial charge in [-0.1, -0.05) is 0 Å². The zero-order valence-electron chi connectivity index (χ0n) is 14.3. The maximum atomic E-state index is 12.4. The molecule has 8 heteroatoms. The monoisotopic (exact) mass is 340 g/mol. The van der Waals surface area contributed by atoms with E-state index in [2.05, 4.69) is 26.9 Å². The number of nitrogens with zero attached hydrogens (tertiary/aromatic N) is 6. The number of furan rings is 1. The summed E-state index contributed by atoms with van der Waals surface area (Å²) in [6.45, 7) is 7.48. The van der Waals surface area contributed by atoms with Gasteiger partial charge in [0.1, 0.15) is 17.4 Å². The van der Waals surface area contributed by atoms with Crippen LogP contribution in [-0.4, -0.2) is 56.7 Å². The first kappa shape index (κ1) is 15.6. The van der Waals surface area contributed by atoms with Crippen LogP contribution in [0.25, 0.3) is 11.0 Å². The first-order valence-corrected chi connectivity index (χ1v) is 8.45. The fraction of sp³-hybridized carbons (Fsp3) is 0.412. The van der Waals surface area contributed by atoms with Crippen molar-refractivity contribution in [1.82, 2.24) is 24.6 Å². The number of carbonyl (C=O) groups excluding carboxylic acids is 1. The highest BCUT2D eigenvalue weighted by atomic mass is 16.3. The summed E-state index contributed by atoms with van der Waals surface area (Å²) in [4.78, 5) is 25.3. The van der Waals surface area contributed by atoms with E-state index in [-0.39, 0.29) is 5.91 Å². The standard InChI is InChI=1S/C17H20N6O2/c1-3-23-15-14(12(2)20-23)18-11-19-16(15)21-6-8-22(9-7-21)17(24)13-5-4-10-25-13/h4-5,10-11H,3,6-9H2,1-2H3. The van der Waals surface area contributed by atoms with Crippen molar-refractivity contribution in [3.8, 4) is 0 Å². The van der Waals surface area contributed by atoms with Crippen molar-refractivity contribution < 1.29 is 9.21 Å². The van der Waals surface area contributed by atoms with Crippen LogP contribution in [0.3, 0.4) is 0 Å². The first-order valence-electron chi connectivity index (χ1n) is 8.45. The minimum absolute atomic E-state index is 0.0630. The number of carbonyl (C=O) groups is 1. The lowest BCUT2D eigenvalue weighted by molar-refractivity contribution is 0.0714. The Morgan fingerprint density at radius 2 is 2.04 bits per heavy atom. The lowest BCUT2D eigenvalue weighted by Gasteiger charge is -2.35. The van der Waals surface area contributed by atoms with Crippen molar-refractivity contribution in [2.75, 3.05) is 31.1 Å². The SMILES string of the molecule is CCn1nc(C)c2ncnc(N3CCN(C(=O)c4ccco4)CC3)c21. The molecule has 25 heavy (non-hydrogen) atoms. The normalized spacial score (nSPS) is 15.1. The molecule has 8 nitrogen and oxygen atoms in total. The second kappa shape index (κ2) is 6.19. The summed E-state index contributed by atoms with van der Waals surface area (Å²) < 4.78 is 7.16. The molecule has 0 N–H and O–H groups in total. The second-order valence-electron chi connectivity index (χ2n) is 6.05. The molecule has 130 valence electrons. The second-order valence-corrected chi connectivity index (χ2v) is 6.05. The van der Waals surface area contributed by atoms with Gasteiger partial charge in [0.25, 0.3) is 5.91 Å². The molecular formula is C17H20N6O2. The smallest absolute Gasteiger partial charge is 0.289 e. The van der Waals surface area contributed by atoms with Gasteiger partial charge in [0.05, 0.1) is 12.0 Å². The van der Waals surface area contributed by atoms with Crippen molar-refractivity contribution in [2.45, 2.75) is 20.4 Å². The third-order valence-electron chi connectivity index (χ3n) is 4.57. The number of anilines is 1. The van der Waals surface area contributed by atoms with Crippen molar-refractivity contribution in [1.29, 1.82) is 0 Å². The van der Waals surface area contributed by atoms with Crippen LogP contribution in [-0.2, 0) is 6.54 Å². The highest BCUT2D eigenvalue weighted by Crippen LogP contribution is 2.26. The highest BCUT2D eigenvalue weighted by molar-refractivity contribution is 5.92. The Balaban J connectivity index is 1.57. The largest absolute Gasteiger partial charge is 0.459 e. The average molecular weight is 340 g/mol. The maximum Gasteiger partial charge on any atom is 0.289 e. The summed E-state index contributed by atoms with van der Waals surface area (Å²) in [6.07, 6.45) is 3.11. The summed E-state index contributed by atoms with van der Waals surface area (Å²) in [7, 11) is 0. The molecule has 0 saturated carbocycles. The van der Waals surface area contributed by atoms with Crippen LogP contribution >= 0.6 is 0 Å². The van der Waals surface area contributed by atoms with E-state index in [9.17, 15) is 4.79 Å². The van der Waals surface area contributed by atoms with Gasteiger partial charge >= 0.3 is 0 Å². The topological polar surface area (TPSA) is 80.3 Å². The van der Waals surface area contributed by atoms with Gasteiger partial charge in [-0.2, -0.15) is 5.10 Å². The maximum absolute atomic E-state index is 12.4. The molecule has 0 unspecified atom stereocenters. The van der Waals surface area contributed by atoms with Crippen molar-refractivity contribution in [2.24, 2.45) is 0 Å². The summed E-state index contributed by atoms with van der Waals surface area (Å²) in [5, 5.41) is 4.55. The van der Waals surface area contributed by atoms with Gasteiger partial charge in [0.15, 0.2) is 11.6 Å². The number of fused-ring (bicyclic) bond motifs is 1. The molecule has 1 aliphatic rings. The molecule has 4 heterocycles. The number of aryl methyl sites for hydroxylation is 2. The summed E-state index contributed by atoms with van der Waals surface area (Å²) in [6, 6.07) is 3.43. The number of hydrogen-bond donors (Lipinski definition) is 0. The molecule has 0 radical (unpaired) electrons. The van der Waals surface area contributed by atoms with Gasteiger partial charge in [-0.15, -0.1) is 0 Å². The van der Waals surface area contributed by atoms with Gasteiger partial charge in [-0.3, -0.25) is 9.48 Å². The Labute approximate surface area is 145 Å². The van der Waals surface area contributed by atoms with Gasteiger partial charge in [0, 0.05) is 32.7 Å². The minimum Gasteiger partial charge on any atom is -0.459 e. The van der Waals surface area contributed by atoms with E-state index < -0.39 is 0 Å². The molecule has 1 saturated heterocycles. The third kappa shape index (κ3) is 2.63. The van der Waals surface area contributed by atoms with Gasteiger partial charge in [-0.05, 0) is 26.0 Å². The number of rotatable bonds is 3. The molecule has 0 bridgehead atoms. The van der Waals surface area contributed by atoms with E-state index >= 15 is 0 Å². The fourth-order valence-corrected chi connectivity index (χ4v) is 3.29. The zero-order chi connectivity index (χ0) is 17.4. The summed E-state index contributed by atoms with van der Waals surface area (Å²) in [5.41, 5.74) is 2.77. The quantitative estimate of drug-likeness (QED) is 0.722. The fourth-order valence-electron chi connectivity index (χ4n) is 3.29. The Kier molecular flexibility index (Phi) is 3.87. The average Bonchev–Trinajstić information content (AvgIpc) is 3.30. The molecule has 0 aliphatic carbocycles. The predicted molar refractivity (Wildman–Crippen MR) is 92.6 cm³/mol. The lowest BCUT2D eigenvalue weighted by atomic mass is 10.2. The van der Waals surface area contributed by atoms with Gasteiger partial charge in [0.2, 0.25) is 0 Å². The van der Waals surface area contributed by atoms with Crippen LogP contribution in [0, 0.1) is 6.92 Å². The summed E-state index contributed by atoms with van der Waals surface area (Å²) in [5.74, 6) is 1.21. The van der Waals surface area contributed by atoms with Crippen molar-refractivity contribution in [3.63, 3.8) is 0 Å². The van der Waals surface area contributed by atoms with Crippen LogP contribution in [0.5, 0.6) is 0 Å². The molecule has 0 atom stereocenters. The first-order chi connectivity index (χ1) is 12.2. The van der Waals surface area contributed by atoms with Crippen LogP contribution in [0.1, 0.15) is 23.2 Å². The molecule has 3 aromatic rings. The zero-order valence-corrected chi connectivity index (χ0v) is 14.3. The lowest BCUT2D eigenvalue weighted by Crippen LogP contribution is -2.49. The molecular weight excluding hydrogens is 320 g/mol. The molecule has 4 rings (SSSR count). The minimum atomic E-state index is -0.0630. The third-order valence-corrected chi connectivity index (χ3v) is 4.57. The molecule has 1 amide bonds. The van der Waals surface area contributed by atoms with E-state index in [1.165, 1.54) is 6.26 Å². The van der Waals surface area contributed by atoms with E-state index in [0.29, 0.717) is 31.9 Å². The van der Waals surface area contributed by atoms with Crippen LogP contribution in [0.2, 0.25) is 0 Å². The predicted octanol–water partition coefficient (Wildman–Crippen LogP) is 1.71. The van der Waals surface area contributed by atoms with Crippen LogP contribution < -0.4 is 4.90 Å². The number of hydrogen-bond acceptors (Lipinski definition) is 6. The molecule has 0 spiro atoms. The number of piperazine rings is 1. The Hall–Kier alpha value is -2.90. The number of amides is 1. The Morgan fingerprint density at radius 1 is 1.24 bits per heavy atom. The van der Waals surface area contributed by atoms with Gasteiger partial charge < -0.3 is 14.2 Å². The number of aromatic nitrogens is 4. The molecule has 1 aliphatic heterocycles. The van der Waals surface area contributed by atoms with Crippen molar-refractivity contribution >= 4 is 22.8 Å². The Morgan fingerprint density at radius 3 is 2.72 bits per heavy atom. The summed E-state index contributed by atoms with van der Waals surface area (Å²) >= 11 is 0.